The van der Waals surface area contributed by atoms with Gasteiger partial charge in [0.15, 0.2) is 0 Å². The van der Waals surface area contributed by atoms with Crippen LogP contribution in [-0.4, -0.2) is 29.9 Å². The van der Waals surface area contributed by atoms with E-state index in [0.717, 1.165) is 25.9 Å². The Morgan fingerprint density at radius 3 is 2.35 bits per heavy atom. The summed E-state index contributed by atoms with van der Waals surface area (Å²) in [7, 11) is 0. The Balaban J connectivity index is 1.94. The minimum absolute atomic E-state index is 0.0782. The zero-order valence-electron chi connectivity index (χ0n) is 13.5. The van der Waals surface area contributed by atoms with Gasteiger partial charge in [-0.3, -0.25) is 4.79 Å². The first-order valence-corrected chi connectivity index (χ1v) is 8.55. The fraction of sp³-hybridized carbons (Fsp3) is 0.941. The molecule has 3 unspecified atom stereocenters. The summed E-state index contributed by atoms with van der Waals surface area (Å²) in [5, 5.41) is 0. The number of rotatable bonds is 3. The number of nitrogens with zero attached hydrogens (tertiary/aromatic N) is 1. The first-order chi connectivity index (χ1) is 9.51. The fourth-order valence-electron chi connectivity index (χ4n) is 4.08. The Labute approximate surface area is 124 Å². The van der Waals surface area contributed by atoms with E-state index in [1.165, 1.54) is 32.1 Å². The molecule has 0 aromatic carbocycles. The Morgan fingerprint density at radius 2 is 1.80 bits per heavy atom. The van der Waals surface area contributed by atoms with E-state index in [1.54, 1.807) is 0 Å². The molecule has 2 fully saturated rings. The van der Waals surface area contributed by atoms with Gasteiger partial charge >= 0.3 is 0 Å². The van der Waals surface area contributed by atoms with E-state index >= 15 is 0 Å². The second-order valence-electron chi connectivity index (χ2n) is 7.22. The highest BCUT2D eigenvalue weighted by atomic mass is 16.2. The highest BCUT2D eigenvalue weighted by molar-refractivity contribution is 5.79. The van der Waals surface area contributed by atoms with Crippen LogP contribution in [0.25, 0.3) is 0 Å². The quantitative estimate of drug-likeness (QED) is 0.863. The lowest BCUT2D eigenvalue weighted by Gasteiger charge is -2.43. The van der Waals surface area contributed by atoms with Crippen molar-refractivity contribution < 1.29 is 4.79 Å². The highest BCUT2D eigenvalue weighted by Gasteiger charge is 2.38. The van der Waals surface area contributed by atoms with Gasteiger partial charge in [-0.05, 0) is 43.4 Å². The monoisotopic (exact) mass is 280 g/mol. The molecule has 3 atom stereocenters. The molecule has 1 saturated carbocycles. The number of hydrogen-bond donors (Lipinski definition) is 1. The molecule has 0 radical (unpaired) electrons. The van der Waals surface area contributed by atoms with Gasteiger partial charge < -0.3 is 10.6 Å². The van der Waals surface area contributed by atoms with Gasteiger partial charge in [0.05, 0.1) is 5.92 Å². The Morgan fingerprint density at radius 1 is 1.20 bits per heavy atom. The third-order valence-electron chi connectivity index (χ3n) is 6.12. The Kier molecular flexibility index (Phi) is 5.11. The van der Waals surface area contributed by atoms with E-state index in [0.29, 0.717) is 17.2 Å². The molecule has 1 heterocycles. The van der Waals surface area contributed by atoms with Crippen molar-refractivity contribution in [2.24, 2.45) is 23.0 Å². The van der Waals surface area contributed by atoms with Crippen molar-refractivity contribution in [1.29, 1.82) is 0 Å². The molecule has 0 spiro atoms. The number of nitrogens with two attached hydrogens (primary N) is 1. The predicted molar refractivity (Wildman–Crippen MR) is 83.3 cm³/mol. The van der Waals surface area contributed by atoms with Crippen molar-refractivity contribution in [1.82, 2.24) is 4.90 Å². The third kappa shape index (κ3) is 3.19. The molecular formula is C17H32N2O. The molecule has 116 valence electrons. The minimum atomic E-state index is 0.0782. The van der Waals surface area contributed by atoms with Crippen LogP contribution in [0, 0.1) is 17.3 Å². The second-order valence-corrected chi connectivity index (χ2v) is 7.22. The lowest BCUT2D eigenvalue weighted by atomic mass is 9.73. The molecule has 2 aliphatic rings. The number of hydrogen-bond acceptors (Lipinski definition) is 2. The molecule has 1 aliphatic heterocycles. The van der Waals surface area contributed by atoms with E-state index in [1.807, 2.05) is 0 Å². The molecule has 3 heteroatoms. The number of carbonyl (C=O) groups excluding carboxylic acids is 1. The molecule has 1 amide bonds. The van der Waals surface area contributed by atoms with Crippen LogP contribution in [-0.2, 0) is 4.79 Å². The van der Waals surface area contributed by atoms with Gasteiger partial charge in [0.25, 0.3) is 0 Å². The standard InChI is InChI=1S/C17H32N2O/c1-4-17(5-2)8-10-19(11-9-17)16(20)14-12-13(3)6-7-15(14)18/h13-15H,4-12,18H2,1-3H3. The van der Waals surface area contributed by atoms with Crippen LogP contribution in [0.4, 0.5) is 0 Å². The van der Waals surface area contributed by atoms with Crippen molar-refractivity contribution >= 4 is 5.91 Å². The predicted octanol–water partition coefficient (Wildman–Crippen LogP) is 3.18. The number of amides is 1. The summed E-state index contributed by atoms with van der Waals surface area (Å²) in [6.45, 7) is 8.72. The average Bonchev–Trinajstić information content (AvgIpc) is 2.49. The zero-order chi connectivity index (χ0) is 14.8. The van der Waals surface area contributed by atoms with Crippen molar-refractivity contribution in [3.8, 4) is 0 Å². The maximum Gasteiger partial charge on any atom is 0.227 e. The molecule has 1 aliphatic carbocycles. The number of piperidine rings is 1. The van der Waals surface area contributed by atoms with Crippen LogP contribution in [0.15, 0.2) is 0 Å². The summed E-state index contributed by atoms with van der Waals surface area (Å²) in [5.74, 6) is 1.07. The SMILES string of the molecule is CCC1(CC)CCN(C(=O)C2CC(C)CCC2N)CC1. The Bertz CT molecular complexity index is 328. The van der Waals surface area contributed by atoms with E-state index in [4.69, 9.17) is 5.73 Å². The largest absolute Gasteiger partial charge is 0.342 e. The zero-order valence-corrected chi connectivity index (χ0v) is 13.5. The lowest BCUT2D eigenvalue weighted by Crippen LogP contribution is -2.50. The van der Waals surface area contributed by atoms with E-state index in [2.05, 4.69) is 25.7 Å². The van der Waals surface area contributed by atoms with Gasteiger partial charge in [0.2, 0.25) is 5.91 Å². The van der Waals surface area contributed by atoms with Gasteiger partial charge in [-0.25, -0.2) is 0 Å². The molecule has 0 aromatic rings. The smallest absolute Gasteiger partial charge is 0.227 e. The van der Waals surface area contributed by atoms with Gasteiger partial charge in [-0.1, -0.05) is 33.6 Å². The summed E-state index contributed by atoms with van der Waals surface area (Å²) in [6.07, 6.45) is 8.01. The fourth-order valence-corrected chi connectivity index (χ4v) is 4.08. The molecule has 3 nitrogen and oxygen atoms in total. The lowest BCUT2D eigenvalue weighted by molar-refractivity contribution is -0.140. The number of carbonyl (C=O) groups is 1. The summed E-state index contributed by atoms with van der Waals surface area (Å²) < 4.78 is 0. The van der Waals surface area contributed by atoms with E-state index < -0.39 is 0 Å². The Hall–Kier alpha value is -0.570. The van der Waals surface area contributed by atoms with Crippen LogP contribution in [0.2, 0.25) is 0 Å². The maximum atomic E-state index is 12.7. The van der Waals surface area contributed by atoms with Gasteiger partial charge in [0.1, 0.15) is 0 Å². The highest BCUT2D eigenvalue weighted by Crippen LogP contribution is 2.39. The van der Waals surface area contributed by atoms with Gasteiger partial charge in [-0.2, -0.15) is 0 Å². The molecule has 1 saturated heterocycles. The molecule has 2 N–H and O–H groups in total. The van der Waals surface area contributed by atoms with E-state index in [-0.39, 0.29) is 12.0 Å². The molecule has 2 rings (SSSR count). The summed E-state index contributed by atoms with van der Waals surface area (Å²) in [6, 6.07) is 0.0859. The molecule has 0 bridgehead atoms. The van der Waals surface area contributed by atoms with Crippen LogP contribution in [0.5, 0.6) is 0 Å². The summed E-state index contributed by atoms with van der Waals surface area (Å²) >= 11 is 0. The first kappa shape index (κ1) is 15.8. The van der Waals surface area contributed by atoms with Crippen LogP contribution in [0.3, 0.4) is 0 Å². The minimum Gasteiger partial charge on any atom is -0.342 e. The first-order valence-electron chi connectivity index (χ1n) is 8.55. The topological polar surface area (TPSA) is 46.3 Å². The van der Waals surface area contributed by atoms with Gasteiger partial charge in [-0.15, -0.1) is 0 Å². The maximum absolute atomic E-state index is 12.7. The van der Waals surface area contributed by atoms with Crippen molar-refractivity contribution in [2.45, 2.75) is 71.8 Å². The molecule has 20 heavy (non-hydrogen) atoms. The molecule has 0 aromatic heterocycles. The molecular weight excluding hydrogens is 248 g/mol. The summed E-state index contributed by atoms with van der Waals surface area (Å²) in [4.78, 5) is 14.8. The van der Waals surface area contributed by atoms with Gasteiger partial charge in [0, 0.05) is 19.1 Å². The third-order valence-corrected chi connectivity index (χ3v) is 6.12. The van der Waals surface area contributed by atoms with Crippen molar-refractivity contribution in [3.05, 3.63) is 0 Å². The van der Waals surface area contributed by atoms with Crippen LogP contribution < -0.4 is 5.73 Å². The van der Waals surface area contributed by atoms with Crippen LogP contribution >= 0.6 is 0 Å². The second kappa shape index (κ2) is 6.46. The van der Waals surface area contributed by atoms with Crippen molar-refractivity contribution in [2.75, 3.05) is 13.1 Å². The van der Waals surface area contributed by atoms with E-state index in [9.17, 15) is 4.79 Å². The average molecular weight is 280 g/mol. The number of likely N-dealkylation sites (tertiary alicyclic amines) is 1. The summed E-state index contributed by atoms with van der Waals surface area (Å²) in [5.41, 5.74) is 6.69. The van der Waals surface area contributed by atoms with Crippen molar-refractivity contribution in [3.63, 3.8) is 0 Å². The van der Waals surface area contributed by atoms with Crippen LogP contribution in [0.1, 0.15) is 65.7 Å². The normalized spacial score (nSPS) is 34.0.